The highest BCUT2D eigenvalue weighted by Crippen LogP contribution is 2.20. The molecule has 2 nitrogen and oxygen atoms in total. The molecule has 0 bridgehead atoms. The van der Waals surface area contributed by atoms with Crippen LogP contribution in [0.5, 0.6) is 0 Å². The van der Waals surface area contributed by atoms with E-state index in [1.807, 2.05) is 0 Å². The fourth-order valence-corrected chi connectivity index (χ4v) is 2.53. The summed E-state index contributed by atoms with van der Waals surface area (Å²) in [6.45, 7) is 14.1. The highest BCUT2D eigenvalue weighted by atomic mass is 15.1. The number of hydrogen-bond donors (Lipinski definition) is 1. The van der Waals surface area contributed by atoms with Crippen LogP contribution >= 0.6 is 0 Å². The Balaban J connectivity index is 2.02. The van der Waals surface area contributed by atoms with E-state index < -0.39 is 0 Å². The van der Waals surface area contributed by atoms with Gasteiger partial charge in [-0.3, -0.25) is 0 Å². The smallest absolute Gasteiger partial charge is 0.00965 e. The van der Waals surface area contributed by atoms with Gasteiger partial charge in [0.25, 0.3) is 0 Å². The third kappa shape index (κ3) is 5.86. The predicted molar refractivity (Wildman–Crippen MR) is 71.8 cm³/mol. The molecule has 0 aromatic rings. The van der Waals surface area contributed by atoms with Crippen LogP contribution in [0.25, 0.3) is 0 Å². The summed E-state index contributed by atoms with van der Waals surface area (Å²) in [4.78, 5) is 2.64. The monoisotopic (exact) mass is 226 g/mol. The summed E-state index contributed by atoms with van der Waals surface area (Å²) in [7, 11) is 0. The van der Waals surface area contributed by atoms with E-state index in [1.54, 1.807) is 0 Å². The average molecular weight is 226 g/mol. The second-order valence-corrected chi connectivity index (χ2v) is 6.27. The van der Waals surface area contributed by atoms with Gasteiger partial charge < -0.3 is 10.2 Å². The maximum absolute atomic E-state index is 3.56. The van der Waals surface area contributed by atoms with Crippen LogP contribution in [-0.4, -0.2) is 36.6 Å². The number of nitrogens with zero attached hydrogens (tertiary/aromatic N) is 1. The fourth-order valence-electron chi connectivity index (χ4n) is 2.53. The quantitative estimate of drug-likeness (QED) is 0.701. The maximum atomic E-state index is 3.56. The first-order chi connectivity index (χ1) is 7.51. The Kier molecular flexibility index (Phi) is 5.77. The van der Waals surface area contributed by atoms with E-state index in [0.29, 0.717) is 0 Å². The van der Waals surface area contributed by atoms with Gasteiger partial charge in [0.05, 0.1) is 0 Å². The zero-order valence-electron chi connectivity index (χ0n) is 11.7. The van der Waals surface area contributed by atoms with E-state index >= 15 is 0 Å². The van der Waals surface area contributed by atoms with Crippen molar-refractivity contribution in [3.8, 4) is 0 Å². The van der Waals surface area contributed by atoms with Crippen LogP contribution in [0.1, 0.15) is 53.4 Å². The van der Waals surface area contributed by atoms with Crippen molar-refractivity contribution in [2.75, 3.05) is 26.2 Å². The molecule has 0 saturated carbocycles. The van der Waals surface area contributed by atoms with Gasteiger partial charge in [0, 0.05) is 12.1 Å². The molecule has 96 valence electrons. The number of rotatable bonds is 6. The van der Waals surface area contributed by atoms with Crippen molar-refractivity contribution < 1.29 is 0 Å². The van der Waals surface area contributed by atoms with Gasteiger partial charge in [-0.15, -0.1) is 0 Å². The van der Waals surface area contributed by atoms with Crippen molar-refractivity contribution in [3.63, 3.8) is 0 Å². The van der Waals surface area contributed by atoms with Crippen molar-refractivity contribution in [3.05, 3.63) is 0 Å². The molecule has 0 aliphatic carbocycles. The molecule has 1 heterocycles. The van der Waals surface area contributed by atoms with Crippen LogP contribution < -0.4 is 5.32 Å². The molecule has 1 unspecified atom stereocenters. The van der Waals surface area contributed by atoms with Gasteiger partial charge >= 0.3 is 0 Å². The van der Waals surface area contributed by atoms with E-state index in [-0.39, 0.29) is 5.54 Å². The first-order valence-electron chi connectivity index (χ1n) is 6.98. The van der Waals surface area contributed by atoms with Gasteiger partial charge in [-0.1, -0.05) is 13.3 Å². The summed E-state index contributed by atoms with van der Waals surface area (Å²) < 4.78 is 0. The molecule has 16 heavy (non-hydrogen) atoms. The first-order valence-corrected chi connectivity index (χ1v) is 6.98. The van der Waals surface area contributed by atoms with Crippen LogP contribution in [-0.2, 0) is 0 Å². The second-order valence-electron chi connectivity index (χ2n) is 6.27. The third-order valence-corrected chi connectivity index (χ3v) is 3.37. The topological polar surface area (TPSA) is 15.3 Å². The van der Waals surface area contributed by atoms with Crippen LogP contribution in [0, 0.1) is 5.92 Å². The molecule has 1 fully saturated rings. The Bertz CT molecular complexity index is 184. The lowest BCUT2D eigenvalue weighted by Gasteiger charge is -2.22. The molecular weight excluding hydrogens is 196 g/mol. The molecule has 2 heteroatoms. The average Bonchev–Trinajstić information content (AvgIpc) is 2.60. The standard InChI is InChI=1S/C14H30N2/c1-5-7-13-8-11-16(12-13)10-6-9-15-14(2,3)4/h13,15H,5-12H2,1-4H3. The Morgan fingerprint density at radius 2 is 2.06 bits per heavy atom. The van der Waals surface area contributed by atoms with Gasteiger partial charge in [-0.25, -0.2) is 0 Å². The lowest BCUT2D eigenvalue weighted by atomic mass is 10.0. The SMILES string of the molecule is CCCC1CCN(CCCNC(C)(C)C)C1. The molecular formula is C14H30N2. The van der Waals surface area contributed by atoms with Crippen LogP contribution in [0.2, 0.25) is 0 Å². The van der Waals surface area contributed by atoms with Crippen molar-refractivity contribution in [1.82, 2.24) is 10.2 Å². The summed E-state index contributed by atoms with van der Waals surface area (Å²) >= 11 is 0. The summed E-state index contributed by atoms with van der Waals surface area (Å²) in [5.74, 6) is 0.987. The van der Waals surface area contributed by atoms with Crippen molar-refractivity contribution in [2.24, 2.45) is 5.92 Å². The van der Waals surface area contributed by atoms with Crippen molar-refractivity contribution in [1.29, 1.82) is 0 Å². The Hall–Kier alpha value is -0.0800. The normalized spacial score (nSPS) is 22.9. The lowest BCUT2D eigenvalue weighted by Crippen LogP contribution is -2.37. The van der Waals surface area contributed by atoms with E-state index in [0.717, 1.165) is 12.5 Å². The molecule has 1 saturated heterocycles. The van der Waals surface area contributed by atoms with Crippen molar-refractivity contribution >= 4 is 0 Å². The van der Waals surface area contributed by atoms with Gasteiger partial charge in [-0.05, 0) is 65.6 Å². The second kappa shape index (κ2) is 6.61. The zero-order valence-corrected chi connectivity index (χ0v) is 11.7. The highest BCUT2D eigenvalue weighted by Gasteiger charge is 2.20. The Morgan fingerprint density at radius 3 is 2.69 bits per heavy atom. The number of hydrogen-bond acceptors (Lipinski definition) is 2. The maximum Gasteiger partial charge on any atom is 0.00965 e. The zero-order chi connectivity index (χ0) is 12.0. The molecule has 0 aromatic heterocycles. The highest BCUT2D eigenvalue weighted by molar-refractivity contribution is 4.76. The predicted octanol–water partition coefficient (Wildman–Crippen LogP) is 2.89. The van der Waals surface area contributed by atoms with Crippen LogP contribution in [0.4, 0.5) is 0 Å². The minimum atomic E-state index is 0.274. The van der Waals surface area contributed by atoms with Gasteiger partial charge in [0.15, 0.2) is 0 Å². The summed E-state index contributed by atoms with van der Waals surface area (Å²) in [6.07, 6.45) is 5.50. The lowest BCUT2D eigenvalue weighted by molar-refractivity contribution is 0.305. The summed E-state index contributed by atoms with van der Waals surface area (Å²) in [5.41, 5.74) is 0.274. The molecule has 0 radical (unpaired) electrons. The molecule has 0 aromatic carbocycles. The fraction of sp³-hybridized carbons (Fsp3) is 1.00. The van der Waals surface area contributed by atoms with Gasteiger partial charge in [0.1, 0.15) is 0 Å². The minimum Gasteiger partial charge on any atom is -0.312 e. The molecule has 1 aliphatic rings. The van der Waals surface area contributed by atoms with Gasteiger partial charge in [-0.2, -0.15) is 0 Å². The molecule has 1 rings (SSSR count). The molecule has 1 atom stereocenters. The number of likely N-dealkylation sites (tertiary alicyclic amines) is 1. The molecule has 1 N–H and O–H groups in total. The Morgan fingerprint density at radius 1 is 1.31 bits per heavy atom. The van der Waals surface area contributed by atoms with Crippen LogP contribution in [0.15, 0.2) is 0 Å². The van der Waals surface area contributed by atoms with Gasteiger partial charge in [0.2, 0.25) is 0 Å². The van der Waals surface area contributed by atoms with E-state index in [1.165, 1.54) is 45.3 Å². The molecule has 1 aliphatic heterocycles. The summed E-state index contributed by atoms with van der Waals surface area (Å²) in [6, 6.07) is 0. The molecule has 0 spiro atoms. The molecule has 0 amide bonds. The third-order valence-electron chi connectivity index (χ3n) is 3.37. The van der Waals surface area contributed by atoms with E-state index in [2.05, 4.69) is 37.9 Å². The minimum absolute atomic E-state index is 0.274. The largest absolute Gasteiger partial charge is 0.312 e. The Labute approximate surface area is 102 Å². The summed E-state index contributed by atoms with van der Waals surface area (Å²) in [5, 5.41) is 3.56. The first kappa shape index (κ1) is 14.0. The van der Waals surface area contributed by atoms with Crippen molar-refractivity contribution in [2.45, 2.75) is 58.9 Å². The van der Waals surface area contributed by atoms with E-state index in [4.69, 9.17) is 0 Å². The van der Waals surface area contributed by atoms with E-state index in [9.17, 15) is 0 Å². The number of nitrogens with one attached hydrogen (secondary N) is 1. The van der Waals surface area contributed by atoms with Crippen LogP contribution in [0.3, 0.4) is 0 Å².